The van der Waals surface area contributed by atoms with E-state index in [1.54, 1.807) is 31.4 Å². The lowest BCUT2D eigenvalue weighted by Gasteiger charge is -2.08. The van der Waals surface area contributed by atoms with E-state index in [9.17, 15) is 22.8 Å². The van der Waals surface area contributed by atoms with Crippen molar-refractivity contribution in [1.29, 1.82) is 0 Å². The van der Waals surface area contributed by atoms with Crippen LogP contribution in [0.15, 0.2) is 75.3 Å². The molecule has 0 saturated carbocycles. The zero-order valence-electron chi connectivity index (χ0n) is 18.7. The second-order valence-corrected chi connectivity index (χ2v) is 8.70. The summed E-state index contributed by atoms with van der Waals surface area (Å²) in [6.45, 7) is 0. The molecule has 1 atom stereocenters. The number of nitrogens with zero attached hydrogens (tertiary/aromatic N) is 2. The highest BCUT2D eigenvalue weighted by Crippen LogP contribution is 2.32. The van der Waals surface area contributed by atoms with Crippen LogP contribution in [0.5, 0.6) is 5.75 Å². The van der Waals surface area contributed by atoms with Crippen molar-refractivity contribution in [2.75, 3.05) is 12.4 Å². The zero-order chi connectivity index (χ0) is 25.7. The first-order valence-electron chi connectivity index (χ1n) is 10.5. The molecule has 2 heterocycles. The number of carbonyl (C=O) groups is 2. The van der Waals surface area contributed by atoms with Crippen LogP contribution >= 0.6 is 11.8 Å². The van der Waals surface area contributed by atoms with Gasteiger partial charge in [-0.15, -0.1) is 5.10 Å². The topological polar surface area (TPSA) is 105 Å². The highest BCUT2D eigenvalue weighted by atomic mass is 32.2. The van der Waals surface area contributed by atoms with Crippen LogP contribution in [0.1, 0.15) is 17.7 Å². The summed E-state index contributed by atoms with van der Waals surface area (Å²) in [4.78, 5) is 24.5. The number of methoxy groups -OCH3 is 1. The standard InChI is InChI=1S/C24H19F3N4O4S/c1-34-17-7-5-16(6-8-17)29-21(32)12-20-22(33)30-23(36-20)31-28-13-18-9-10-19(35-18)14-3-2-4-15(11-14)24(25,26)27/h2-11,13,20H,12H2,1H3,(H,29,32)(H,30,31,33)/b28-13+. The normalized spacial score (nSPS) is 16.9. The molecule has 0 bridgehead atoms. The van der Waals surface area contributed by atoms with Crippen molar-refractivity contribution < 1.29 is 31.9 Å². The Bertz CT molecular complexity index is 1320. The van der Waals surface area contributed by atoms with Gasteiger partial charge in [-0.2, -0.15) is 18.3 Å². The van der Waals surface area contributed by atoms with E-state index in [4.69, 9.17) is 9.15 Å². The number of hydrogen-bond acceptors (Lipinski definition) is 7. The van der Waals surface area contributed by atoms with Gasteiger partial charge >= 0.3 is 6.18 Å². The minimum Gasteiger partial charge on any atom is -0.497 e. The summed E-state index contributed by atoms with van der Waals surface area (Å²) in [6, 6.07) is 14.6. The fraction of sp³-hybridized carbons (Fsp3) is 0.167. The smallest absolute Gasteiger partial charge is 0.416 e. The summed E-state index contributed by atoms with van der Waals surface area (Å²) in [7, 11) is 1.54. The van der Waals surface area contributed by atoms with E-state index in [0.29, 0.717) is 11.4 Å². The van der Waals surface area contributed by atoms with Gasteiger partial charge in [-0.3, -0.25) is 9.59 Å². The predicted octanol–water partition coefficient (Wildman–Crippen LogP) is 4.92. The maximum atomic E-state index is 12.9. The Hall–Kier alpha value is -4.06. The Labute approximate surface area is 207 Å². The van der Waals surface area contributed by atoms with Crippen molar-refractivity contribution >= 4 is 40.6 Å². The molecule has 1 fully saturated rings. The number of hydrogen-bond donors (Lipinski definition) is 2. The van der Waals surface area contributed by atoms with E-state index in [1.165, 1.54) is 30.5 Å². The van der Waals surface area contributed by atoms with Crippen molar-refractivity contribution in [2.24, 2.45) is 10.2 Å². The van der Waals surface area contributed by atoms with Crippen LogP contribution < -0.4 is 15.4 Å². The molecule has 0 aliphatic carbocycles. The van der Waals surface area contributed by atoms with Crippen molar-refractivity contribution in [3.8, 4) is 17.1 Å². The third-order valence-corrected chi connectivity index (χ3v) is 6.03. The molecule has 1 aromatic heterocycles. The summed E-state index contributed by atoms with van der Waals surface area (Å²) in [5.74, 6) is 0.443. The molecule has 186 valence electrons. The van der Waals surface area contributed by atoms with Crippen LogP contribution in [-0.4, -0.2) is 35.6 Å². The average Bonchev–Trinajstić information content (AvgIpc) is 3.46. The number of anilines is 1. The number of amides is 2. The van der Waals surface area contributed by atoms with Crippen molar-refractivity contribution in [3.05, 3.63) is 72.0 Å². The van der Waals surface area contributed by atoms with E-state index >= 15 is 0 Å². The second-order valence-electron chi connectivity index (χ2n) is 7.51. The first kappa shape index (κ1) is 25.0. The number of furan rings is 1. The number of alkyl halides is 3. The Kier molecular flexibility index (Phi) is 7.44. The van der Waals surface area contributed by atoms with E-state index < -0.39 is 17.0 Å². The number of thioether (sulfide) groups is 1. The van der Waals surface area contributed by atoms with Crippen molar-refractivity contribution in [1.82, 2.24) is 5.32 Å². The van der Waals surface area contributed by atoms with Crippen LogP contribution in [-0.2, 0) is 15.8 Å². The lowest BCUT2D eigenvalue weighted by atomic mass is 10.1. The fourth-order valence-electron chi connectivity index (χ4n) is 3.21. The largest absolute Gasteiger partial charge is 0.497 e. The lowest BCUT2D eigenvalue weighted by Crippen LogP contribution is -2.28. The molecule has 0 radical (unpaired) electrons. The number of benzene rings is 2. The Balaban J connectivity index is 1.33. The lowest BCUT2D eigenvalue weighted by molar-refractivity contribution is -0.137. The van der Waals surface area contributed by atoms with E-state index in [0.717, 1.165) is 23.9 Å². The maximum Gasteiger partial charge on any atom is 0.416 e. The summed E-state index contributed by atoms with van der Waals surface area (Å²) in [6.07, 6.45) is -3.26. The number of carbonyl (C=O) groups excluding carboxylic acids is 2. The summed E-state index contributed by atoms with van der Waals surface area (Å²) >= 11 is 1.06. The Morgan fingerprint density at radius 2 is 1.97 bits per heavy atom. The molecule has 2 N–H and O–H groups in total. The molecule has 12 heteroatoms. The number of rotatable bonds is 7. The van der Waals surface area contributed by atoms with Gasteiger partial charge in [-0.05, 0) is 48.5 Å². The maximum absolute atomic E-state index is 12.9. The average molecular weight is 517 g/mol. The molecule has 4 rings (SSSR count). The molecule has 1 aliphatic heterocycles. The number of ether oxygens (including phenoxy) is 1. The molecule has 2 amide bonds. The van der Waals surface area contributed by atoms with Gasteiger partial charge in [0.1, 0.15) is 22.5 Å². The molecule has 0 spiro atoms. The molecule has 1 unspecified atom stereocenters. The van der Waals surface area contributed by atoms with E-state index in [2.05, 4.69) is 20.8 Å². The first-order chi connectivity index (χ1) is 17.2. The van der Waals surface area contributed by atoms with Crippen LogP contribution in [0.2, 0.25) is 0 Å². The van der Waals surface area contributed by atoms with Crippen LogP contribution in [0.3, 0.4) is 0 Å². The molecule has 36 heavy (non-hydrogen) atoms. The van der Waals surface area contributed by atoms with Crippen LogP contribution in [0.4, 0.5) is 18.9 Å². The van der Waals surface area contributed by atoms with Gasteiger partial charge in [0.25, 0.3) is 0 Å². The Morgan fingerprint density at radius 3 is 2.69 bits per heavy atom. The van der Waals surface area contributed by atoms with Gasteiger partial charge in [-0.25, -0.2) is 0 Å². The molecule has 1 aliphatic rings. The molecular weight excluding hydrogens is 497 g/mol. The molecular formula is C24H19F3N4O4S. The third-order valence-electron chi connectivity index (χ3n) is 4.96. The highest BCUT2D eigenvalue weighted by Gasteiger charge is 2.32. The van der Waals surface area contributed by atoms with Gasteiger partial charge in [-0.1, -0.05) is 23.9 Å². The number of amidine groups is 1. The minimum absolute atomic E-state index is 0.0657. The van der Waals surface area contributed by atoms with Gasteiger partial charge in [0.05, 0.1) is 18.9 Å². The molecule has 1 saturated heterocycles. The van der Waals surface area contributed by atoms with E-state index in [-0.39, 0.29) is 40.5 Å². The highest BCUT2D eigenvalue weighted by molar-refractivity contribution is 8.15. The summed E-state index contributed by atoms with van der Waals surface area (Å²) in [5, 5.41) is 12.6. The number of nitrogens with one attached hydrogen (secondary N) is 2. The van der Waals surface area contributed by atoms with Gasteiger partial charge < -0.3 is 19.8 Å². The third kappa shape index (κ3) is 6.33. The molecule has 2 aromatic carbocycles. The van der Waals surface area contributed by atoms with Crippen LogP contribution in [0, 0.1) is 0 Å². The molecule has 8 nitrogen and oxygen atoms in total. The molecule has 3 aromatic rings. The first-order valence-corrected chi connectivity index (χ1v) is 11.4. The number of halogens is 3. The second kappa shape index (κ2) is 10.7. The predicted molar refractivity (Wildman–Crippen MR) is 130 cm³/mol. The summed E-state index contributed by atoms with van der Waals surface area (Å²) in [5.41, 5.74) is 0.0649. The van der Waals surface area contributed by atoms with Gasteiger partial charge in [0.2, 0.25) is 11.8 Å². The fourth-order valence-corrected chi connectivity index (χ4v) is 4.13. The summed E-state index contributed by atoms with van der Waals surface area (Å²) < 4.78 is 49.4. The van der Waals surface area contributed by atoms with Crippen molar-refractivity contribution in [3.63, 3.8) is 0 Å². The van der Waals surface area contributed by atoms with Crippen LogP contribution in [0.25, 0.3) is 11.3 Å². The Morgan fingerprint density at radius 1 is 1.19 bits per heavy atom. The van der Waals surface area contributed by atoms with Gasteiger partial charge in [0, 0.05) is 17.7 Å². The van der Waals surface area contributed by atoms with Gasteiger partial charge in [0.15, 0.2) is 5.17 Å². The quantitative estimate of drug-likeness (QED) is 0.343. The zero-order valence-corrected chi connectivity index (χ0v) is 19.5. The van der Waals surface area contributed by atoms with E-state index in [1.807, 2.05) is 0 Å². The SMILES string of the molecule is COc1ccc(NC(=O)CC2S/C(=N\N=C\c3ccc(-c4cccc(C(F)(F)F)c4)o3)NC2=O)cc1. The monoisotopic (exact) mass is 516 g/mol. The van der Waals surface area contributed by atoms with Crippen molar-refractivity contribution in [2.45, 2.75) is 17.8 Å². The minimum atomic E-state index is -4.46.